The van der Waals surface area contributed by atoms with Crippen molar-refractivity contribution in [1.29, 1.82) is 0 Å². The first kappa shape index (κ1) is 18.3. The second-order valence-electron chi connectivity index (χ2n) is 7.33. The van der Waals surface area contributed by atoms with Crippen molar-refractivity contribution in [2.45, 2.75) is 33.4 Å². The number of likely N-dealkylation sites (tertiary alicyclic amines) is 1. The Balaban J connectivity index is 1.37. The van der Waals surface area contributed by atoms with E-state index < -0.39 is 0 Å². The SMILES string of the molecule is CCn1cc(-c2ccc(C(=O)N3CC(Oc4c(C)cccc4C)C3)cc2)cn1. The van der Waals surface area contributed by atoms with Gasteiger partial charge in [-0.15, -0.1) is 0 Å². The maximum Gasteiger partial charge on any atom is 0.254 e. The number of nitrogens with zero attached hydrogens (tertiary/aromatic N) is 3. The number of rotatable bonds is 5. The largest absolute Gasteiger partial charge is 0.486 e. The van der Waals surface area contributed by atoms with Gasteiger partial charge in [0.2, 0.25) is 0 Å². The molecule has 144 valence electrons. The van der Waals surface area contributed by atoms with E-state index in [1.807, 2.05) is 52.3 Å². The van der Waals surface area contributed by atoms with Gasteiger partial charge in [-0.2, -0.15) is 5.10 Å². The van der Waals surface area contributed by atoms with Crippen LogP contribution in [-0.4, -0.2) is 39.8 Å². The van der Waals surface area contributed by atoms with Crippen molar-refractivity contribution in [3.8, 4) is 16.9 Å². The number of benzene rings is 2. The summed E-state index contributed by atoms with van der Waals surface area (Å²) < 4.78 is 8.01. The van der Waals surface area contributed by atoms with Gasteiger partial charge >= 0.3 is 0 Å². The van der Waals surface area contributed by atoms with Gasteiger partial charge in [-0.1, -0.05) is 30.3 Å². The predicted molar refractivity (Wildman–Crippen MR) is 110 cm³/mol. The third-order valence-corrected chi connectivity index (χ3v) is 5.25. The summed E-state index contributed by atoms with van der Waals surface area (Å²) in [5.41, 5.74) is 5.10. The van der Waals surface area contributed by atoms with Crippen molar-refractivity contribution in [3.63, 3.8) is 0 Å². The third kappa shape index (κ3) is 3.52. The van der Waals surface area contributed by atoms with Crippen LogP contribution < -0.4 is 4.74 Å². The molecule has 5 heteroatoms. The maximum atomic E-state index is 12.7. The van der Waals surface area contributed by atoms with Crippen LogP contribution >= 0.6 is 0 Å². The molecule has 3 aromatic rings. The van der Waals surface area contributed by atoms with Crippen LogP contribution in [0.4, 0.5) is 0 Å². The second kappa shape index (κ2) is 7.50. The smallest absolute Gasteiger partial charge is 0.254 e. The number of aryl methyl sites for hydroxylation is 3. The molecule has 0 radical (unpaired) electrons. The van der Waals surface area contributed by atoms with Gasteiger partial charge in [0.25, 0.3) is 5.91 Å². The topological polar surface area (TPSA) is 47.4 Å². The van der Waals surface area contributed by atoms with Gasteiger partial charge in [0.05, 0.1) is 19.3 Å². The van der Waals surface area contributed by atoms with Crippen molar-refractivity contribution in [2.75, 3.05) is 13.1 Å². The van der Waals surface area contributed by atoms with Crippen LogP contribution in [0.15, 0.2) is 54.9 Å². The first-order valence-electron chi connectivity index (χ1n) is 9.70. The molecule has 28 heavy (non-hydrogen) atoms. The van der Waals surface area contributed by atoms with E-state index in [0.29, 0.717) is 18.7 Å². The molecule has 0 atom stereocenters. The maximum absolute atomic E-state index is 12.7. The van der Waals surface area contributed by atoms with E-state index in [4.69, 9.17) is 4.74 Å². The van der Waals surface area contributed by atoms with E-state index in [-0.39, 0.29) is 12.0 Å². The minimum atomic E-state index is 0.0529. The Morgan fingerprint density at radius 2 is 1.75 bits per heavy atom. The van der Waals surface area contributed by atoms with Crippen LogP contribution in [0.1, 0.15) is 28.4 Å². The number of para-hydroxylation sites is 1. The lowest BCUT2D eigenvalue weighted by Crippen LogP contribution is -2.56. The molecule has 1 aliphatic heterocycles. The Morgan fingerprint density at radius 1 is 1.07 bits per heavy atom. The van der Waals surface area contributed by atoms with Crippen LogP contribution in [0.25, 0.3) is 11.1 Å². The van der Waals surface area contributed by atoms with Gasteiger partial charge in [-0.3, -0.25) is 9.48 Å². The highest BCUT2D eigenvalue weighted by molar-refractivity contribution is 5.95. The van der Waals surface area contributed by atoms with Crippen LogP contribution in [0.5, 0.6) is 5.75 Å². The average Bonchev–Trinajstić information content (AvgIpc) is 3.15. The summed E-state index contributed by atoms with van der Waals surface area (Å²) in [5.74, 6) is 0.994. The Bertz CT molecular complexity index is 965. The van der Waals surface area contributed by atoms with Gasteiger partial charge in [-0.25, -0.2) is 0 Å². The predicted octanol–water partition coefficient (Wildman–Crippen LogP) is 4.09. The number of hydrogen-bond acceptors (Lipinski definition) is 3. The summed E-state index contributed by atoms with van der Waals surface area (Å²) >= 11 is 0. The number of ether oxygens (including phenoxy) is 1. The molecule has 2 aromatic carbocycles. The van der Waals surface area contributed by atoms with Crippen molar-refractivity contribution >= 4 is 5.91 Å². The lowest BCUT2D eigenvalue weighted by atomic mass is 10.0. The standard InChI is InChI=1S/C23H25N3O2/c1-4-26-13-20(12-24-26)18-8-10-19(11-9-18)23(27)25-14-21(15-25)28-22-16(2)6-5-7-17(22)3/h5-13,21H,4,14-15H2,1-3H3. The lowest BCUT2D eigenvalue weighted by molar-refractivity contribution is 0.0173. The van der Waals surface area contributed by atoms with Crippen LogP contribution in [-0.2, 0) is 6.54 Å². The normalized spacial score (nSPS) is 14.0. The molecule has 1 amide bonds. The highest BCUT2D eigenvalue weighted by Crippen LogP contribution is 2.27. The fourth-order valence-electron chi connectivity index (χ4n) is 3.50. The van der Waals surface area contributed by atoms with Crippen molar-refractivity contribution < 1.29 is 9.53 Å². The van der Waals surface area contributed by atoms with Gasteiger partial charge in [0.15, 0.2) is 0 Å². The Morgan fingerprint density at radius 3 is 2.36 bits per heavy atom. The fraction of sp³-hybridized carbons (Fsp3) is 0.304. The van der Waals surface area contributed by atoms with Gasteiger partial charge in [0, 0.05) is 23.9 Å². The van der Waals surface area contributed by atoms with E-state index in [1.165, 1.54) is 0 Å². The molecule has 0 unspecified atom stereocenters. The van der Waals surface area contributed by atoms with Crippen molar-refractivity contribution in [2.24, 2.45) is 0 Å². The molecule has 5 nitrogen and oxygen atoms in total. The van der Waals surface area contributed by atoms with Crippen LogP contribution in [0.2, 0.25) is 0 Å². The second-order valence-corrected chi connectivity index (χ2v) is 7.33. The zero-order valence-corrected chi connectivity index (χ0v) is 16.6. The average molecular weight is 375 g/mol. The number of hydrogen-bond donors (Lipinski definition) is 0. The summed E-state index contributed by atoms with van der Waals surface area (Å²) in [4.78, 5) is 14.5. The molecule has 2 heterocycles. The molecule has 0 bridgehead atoms. The minimum absolute atomic E-state index is 0.0529. The van der Waals surface area contributed by atoms with E-state index in [9.17, 15) is 4.79 Å². The van der Waals surface area contributed by atoms with E-state index in [1.54, 1.807) is 0 Å². The lowest BCUT2D eigenvalue weighted by Gasteiger charge is -2.39. The molecule has 0 N–H and O–H groups in total. The number of carbonyl (C=O) groups excluding carboxylic acids is 1. The molecule has 1 aliphatic rings. The van der Waals surface area contributed by atoms with Gasteiger partial charge < -0.3 is 9.64 Å². The van der Waals surface area contributed by atoms with E-state index in [2.05, 4.69) is 38.0 Å². The molecular weight excluding hydrogens is 350 g/mol. The Kier molecular flexibility index (Phi) is 4.90. The molecule has 0 saturated carbocycles. The summed E-state index contributed by atoms with van der Waals surface area (Å²) in [7, 11) is 0. The minimum Gasteiger partial charge on any atom is -0.486 e. The van der Waals surface area contributed by atoms with E-state index in [0.717, 1.165) is 34.5 Å². The molecule has 0 aliphatic carbocycles. The third-order valence-electron chi connectivity index (χ3n) is 5.25. The highest BCUT2D eigenvalue weighted by Gasteiger charge is 2.33. The van der Waals surface area contributed by atoms with Crippen molar-refractivity contribution in [3.05, 3.63) is 71.5 Å². The summed E-state index contributed by atoms with van der Waals surface area (Å²) in [6.45, 7) is 8.25. The molecule has 4 rings (SSSR count). The first-order valence-corrected chi connectivity index (χ1v) is 9.70. The first-order chi connectivity index (χ1) is 13.5. The number of amides is 1. The van der Waals surface area contributed by atoms with Crippen molar-refractivity contribution in [1.82, 2.24) is 14.7 Å². The molecule has 0 spiro atoms. The summed E-state index contributed by atoms with van der Waals surface area (Å²) in [6.07, 6.45) is 3.93. The molecule has 1 saturated heterocycles. The Hall–Kier alpha value is -3.08. The summed E-state index contributed by atoms with van der Waals surface area (Å²) in [5, 5.41) is 4.30. The van der Waals surface area contributed by atoms with Crippen LogP contribution in [0.3, 0.4) is 0 Å². The number of aromatic nitrogens is 2. The molecule has 1 fully saturated rings. The number of carbonyl (C=O) groups is 1. The summed E-state index contributed by atoms with van der Waals surface area (Å²) in [6, 6.07) is 13.9. The van der Waals surface area contributed by atoms with Gasteiger partial charge in [0.1, 0.15) is 11.9 Å². The fourth-order valence-corrected chi connectivity index (χ4v) is 3.50. The van der Waals surface area contributed by atoms with E-state index >= 15 is 0 Å². The zero-order chi connectivity index (χ0) is 19.7. The molecule has 1 aromatic heterocycles. The van der Waals surface area contributed by atoms with Gasteiger partial charge in [-0.05, 0) is 49.6 Å². The highest BCUT2D eigenvalue weighted by atomic mass is 16.5. The monoisotopic (exact) mass is 375 g/mol. The molecular formula is C23H25N3O2. The van der Waals surface area contributed by atoms with Crippen LogP contribution in [0, 0.1) is 13.8 Å². The Labute approximate surface area is 165 Å². The quantitative estimate of drug-likeness (QED) is 0.675. The zero-order valence-electron chi connectivity index (χ0n) is 16.6.